The van der Waals surface area contributed by atoms with Gasteiger partial charge in [0.05, 0.1) is 5.52 Å². The van der Waals surface area contributed by atoms with Gasteiger partial charge in [-0.05, 0) is 76.0 Å². The van der Waals surface area contributed by atoms with Crippen molar-refractivity contribution in [1.29, 1.82) is 0 Å². The van der Waals surface area contributed by atoms with E-state index in [1.54, 1.807) is 0 Å². The van der Waals surface area contributed by atoms with Gasteiger partial charge in [0, 0.05) is 50.6 Å². The van der Waals surface area contributed by atoms with Crippen LogP contribution in [0.1, 0.15) is 32.1 Å². The quantitative estimate of drug-likeness (QED) is 0.418. The van der Waals surface area contributed by atoms with Crippen molar-refractivity contribution in [3.8, 4) is 0 Å². The van der Waals surface area contributed by atoms with Crippen molar-refractivity contribution < 1.29 is 4.79 Å². The van der Waals surface area contributed by atoms with E-state index >= 15 is 0 Å². The van der Waals surface area contributed by atoms with E-state index in [1.807, 2.05) is 18.2 Å². The van der Waals surface area contributed by atoms with Crippen molar-refractivity contribution in [2.45, 2.75) is 32.1 Å². The molecule has 1 aromatic carbocycles. The lowest BCUT2D eigenvalue weighted by Crippen LogP contribution is -2.45. The fourth-order valence-electron chi connectivity index (χ4n) is 4.84. The molecule has 2 heterocycles. The van der Waals surface area contributed by atoms with E-state index in [1.165, 1.54) is 0 Å². The summed E-state index contributed by atoms with van der Waals surface area (Å²) in [4.78, 5) is 25.1. The number of aromatic amines is 1. The lowest BCUT2D eigenvalue weighted by Gasteiger charge is -2.32. The van der Waals surface area contributed by atoms with Crippen molar-refractivity contribution in [3.63, 3.8) is 0 Å². The SMILES string of the molecule is CN1CCN(CCCNC(=O)C2CCC(CNc3nc(=S)[nH]c4ccccc34)CC2)CC1. The minimum Gasteiger partial charge on any atom is -0.369 e. The molecule has 1 amide bonds. The molecule has 32 heavy (non-hydrogen) atoms. The summed E-state index contributed by atoms with van der Waals surface area (Å²) in [6.45, 7) is 7.32. The van der Waals surface area contributed by atoms with Crippen molar-refractivity contribution in [2.75, 3.05) is 58.2 Å². The number of nitrogens with one attached hydrogen (secondary N) is 3. The molecule has 1 aliphatic carbocycles. The number of hydrogen-bond donors (Lipinski definition) is 3. The molecule has 2 fully saturated rings. The largest absolute Gasteiger partial charge is 0.369 e. The van der Waals surface area contributed by atoms with Crippen molar-refractivity contribution in [2.24, 2.45) is 11.8 Å². The molecule has 1 aromatic heterocycles. The Balaban J connectivity index is 1.15. The summed E-state index contributed by atoms with van der Waals surface area (Å²) in [6, 6.07) is 8.09. The Hall–Kier alpha value is -2.03. The monoisotopic (exact) mass is 456 g/mol. The standard InChI is InChI=1S/C24H36N6OS/c1-29-13-15-30(16-14-29)12-4-11-25-23(31)19-9-7-18(8-10-19)17-26-22-20-5-2-3-6-21(20)27-24(32)28-22/h2-3,5-6,18-19H,4,7-17H2,1H3,(H,25,31)(H2,26,27,28,32). The summed E-state index contributed by atoms with van der Waals surface area (Å²) >= 11 is 5.27. The summed E-state index contributed by atoms with van der Waals surface area (Å²) in [5.41, 5.74) is 1.00. The molecule has 0 spiro atoms. The Morgan fingerprint density at radius 2 is 1.91 bits per heavy atom. The predicted octanol–water partition coefficient (Wildman–Crippen LogP) is 3.26. The second-order valence-corrected chi connectivity index (χ2v) is 9.71. The summed E-state index contributed by atoms with van der Waals surface area (Å²) in [5, 5.41) is 7.76. The molecule has 3 N–H and O–H groups in total. The molecule has 1 saturated carbocycles. The minimum absolute atomic E-state index is 0.166. The topological polar surface area (TPSA) is 76.3 Å². The van der Waals surface area contributed by atoms with Gasteiger partial charge in [-0.15, -0.1) is 0 Å². The van der Waals surface area contributed by atoms with Gasteiger partial charge in [-0.1, -0.05) is 12.1 Å². The Morgan fingerprint density at radius 3 is 2.69 bits per heavy atom. The van der Waals surface area contributed by atoms with E-state index < -0.39 is 0 Å². The second-order valence-electron chi connectivity index (χ2n) is 9.32. The maximum Gasteiger partial charge on any atom is 0.223 e. The van der Waals surface area contributed by atoms with Gasteiger partial charge in [-0.25, -0.2) is 4.98 Å². The van der Waals surface area contributed by atoms with Crippen LogP contribution >= 0.6 is 12.2 Å². The predicted molar refractivity (Wildman–Crippen MR) is 132 cm³/mol. The molecule has 2 aromatic rings. The molecule has 0 atom stereocenters. The Labute approximate surface area is 196 Å². The molecular weight excluding hydrogens is 420 g/mol. The first kappa shape index (κ1) is 23.1. The van der Waals surface area contributed by atoms with Crippen molar-refractivity contribution in [3.05, 3.63) is 29.0 Å². The number of rotatable bonds is 8. The maximum absolute atomic E-state index is 12.6. The third-order valence-electron chi connectivity index (χ3n) is 6.96. The van der Waals surface area contributed by atoms with Gasteiger partial charge < -0.3 is 25.4 Å². The molecule has 0 bridgehead atoms. The number of amides is 1. The van der Waals surface area contributed by atoms with E-state index in [4.69, 9.17) is 12.2 Å². The van der Waals surface area contributed by atoms with E-state index in [0.717, 1.165) is 94.6 Å². The van der Waals surface area contributed by atoms with Crippen LogP contribution in [-0.2, 0) is 4.79 Å². The van der Waals surface area contributed by atoms with E-state index in [9.17, 15) is 4.79 Å². The number of H-pyrrole nitrogens is 1. The van der Waals surface area contributed by atoms with Gasteiger partial charge in [0.2, 0.25) is 5.91 Å². The summed E-state index contributed by atoms with van der Waals surface area (Å²) < 4.78 is 0.499. The first-order valence-electron chi connectivity index (χ1n) is 12.0. The summed E-state index contributed by atoms with van der Waals surface area (Å²) in [6.07, 6.45) is 5.13. The van der Waals surface area contributed by atoms with Gasteiger partial charge in [0.25, 0.3) is 0 Å². The number of para-hydroxylation sites is 1. The highest BCUT2D eigenvalue weighted by Crippen LogP contribution is 2.29. The van der Waals surface area contributed by atoms with Crippen LogP contribution in [0.4, 0.5) is 5.82 Å². The molecule has 7 nitrogen and oxygen atoms in total. The highest BCUT2D eigenvalue weighted by Gasteiger charge is 2.26. The number of likely N-dealkylation sites (N-methyl/N-ethyl adjacent to an activating group) is 1. The highest BCUT2D eigenvalue weighted by atomic mass is 32.1. The number of aromatic nitrogens is 2. The number of carbonyl (C=O) groups excluding carboxylic acids is 1. The maximum atomic E-state index is 12.6. The molecule has 2 aliphatic rings. The van der Waals surface area contributed by atoms with Crippen LogP contribution in [0, 0.1) is 16.6 Å². The van der Waals surface area contributed by atoms with Crippen LogP contribution < -0.4 is 10.6 Å². The van der Waals surface area contributed by atoms with E-state index in [2.05, 4.69) is 43.5 Å². The van der Waals surface area contributed by atoms with E-state index in [-0.39, 0.29) is 11.8 Å². The number of benzene rings is 1. The molecule has 0 radical (unpaired) electrons. The zero-order valence-electron chi connectivity index (χ0n) is 19.1. The molecule has 8 heteroatoms. The fraction of sp³-hybridized carbons (Fsp3) is 0.625. The second kappa shape index (κ2) is 11.2. The average molecular weight is 457 g/mol. The number of hydrogen-bond acceptors (Lipinski definition) is 6. The molecular formula is C24H36N6OS. The Kier molecular flexibility index (Phi) is 8.10. The third-order valence-corrected chi connectivity index (χ3v) is 7.15. The third kappa shape index (κ3) is 6.27. The van der Waals surface area contributed by atoms with Crippen LogP contribution in [0.5, 0.6) is 0 Å². The highest BCUT2D eigenvalue weighted by molar-refractivity contribution is 7.71. The fourth-order valence-corrected chi connectivity index (χ4v) is 5.04. The van der Waals surface area contributed by atoms with Crippen molar-refractivity contribution >= 4 is 34.8 Å². The Bertz CT molecular complexity index is 947. The van der Waals surface area contributed by atoms with Crippen LogP contribution in [0.15, 0.2) is 24.3 Å². The summed E-state index contributed by atoms with van der Waals surface area (Å²) in [5.74, 6) is 1.83. The number of anilines is 1. The van der Waals surface area contributed by atoms with E-state index in [0.29, 0.717) is 10.7 Å². The molecule has 174 valence electrons. The zero-order chi connectivity index (χ0) is 22.3. The van der Waals surface area contributed by atoms with Crippen molar-refractivity contribution in [1.82, 2.24) is 25.1 Å². The first-order chi connectivity index (χ1) is 15.6. The van der Waals surface area contributed by atoms with Gasteiger partial charge in [0.15, 0.2) is 4.77 Å². The first-order valence-corrected chi connectivity index (χ1v) is 12.4. The van der Waals surface area contributed by atoms with Gasteiger partial charge in [0.1, 0.15) is 5.82 Å². The van der Waals surface area contributed by atoms with Gasteiger partial charge in [-0.3, -0.25) is 4.79 Å². The molecule has 1 aliphatic heterocycles. The van der Waals surface area contributed by atoms with Crippen LogP contribution in [-0.4, -0.2) is 78.5 Å². The minimum atomic E-state index is 0.166. The number of piperazine rings is 1. The Morgan fingerprint density at radius 1 is 1.16 bits per heavy atom. The summed E-state index contributed by atoms with van der Waals surface area (Å²) in [7, 11) is 2.18. The smallest absolute Gasteiger partial charge is 0.223 e. The van der Waals surface area contributed by atoms with Crippen LogP contribution in [0.25, 0.3) is 10.9 Å². The number of nitrogens with zero attached hydrogens (tertiary/aromatic N) is 3. The van der Waals surface area contributed by atoms with Crippen LogP contribution in [0.3, 0.4) is 0 Å². The van der Waals surface area contributed by atoms with Crippen LogP contribution in [0.2, 0.25) is 0 Å². The molecule has 1 saturated heterocycles. The molecule has 0 unspecified atom stereocenters. The van der Waals surface area contributed by atoms with Gasteiger partial charge >= 0.3 is 0 Å². The number of fused-ring (bicyclic) bond motifs is 1. The normalized spacial score (nSPS) is 22.7. The molecule has 4 rings (SSSR count). The lowest BCUT2D eigenvalue weighted by molar-refractivity contribution is -0.126. The lowest BCUT2D eigenvalue weighted by atomic mass is 9.81. The van der Waals surface area contributed by atoms with Gasteiger partial charge in [-0.2, -0.15) is 0 Å². The average Bonchev–Trinajstić information content (AvgIpc) is 2.81. The zero-order valence-corrected chi connectivity index (χ0v) is 19.9. The number of carbonyl (C=O) groups is 1.